The van der Waals surface area contributed by atoms with Gasteiger partial charge < -0.3 is 0 Å². The molecule has 0 N–H and O–H groups in total. The van der Waals surface area contributed by atoms with Crippen molar-refractivity contribution in [1.82, 2.24) is 4.90 Å². The summed E-state index contributed by atoms with van der Waals surface area (Å²) < 4.78 is 4.28. The van der Waals surface area contributed by atoms with E-state index in [4.69, 9.17) is 0 Å². The molecule has 1 heterocycles. The van der Waals surface area contributed by atoms with Crippen molar-refractivity contribution >= 4 is 32.2 Å². The molecule has 0 aromatic heterocycles. The van der Waals surface area contributed by atoms with Gasteiger partial charge in [0.05, 0.1) is 0 Å². The standard InChI is InChI=1S/C24H25GeNO/c1-26-18-20(24(27)19-26)17-25(21-11-5-2-6-12-21,22-13-7-3-8-14-22)23-15-9-4-10-16-23/h2-16,20H,17-19H2,1H3. The number of hydrogen-bond acceptors (Lipinski definition) is 2. The van der Waals surface area contributed by atoms with E-state index in [0.29, 0.717) is 12.3 Å². The van der Waals surface area contributed by atoms with Gasteiger partial charge in [-0.25, -0.2) is 0 Å². The van der Waals surface area contributed by atoms with Crippen LogP contribution in [0, 0.1) is 5.92 Å². The topological polar surface area (TPSA) is 20.3 Å². The third-order valence-corrected chi connectivity index (χ3v) is 16.4. The zero-order chi connectivity index (χ0) is 18.7. The quantitative estimate of drug-likeness (QED) is 0.596. The fourth-order valence-corrected chi connectivity index (χ4v) is 15.2. The second kappa shape index (κ2) is 7.83. The Hall–Kier alpha value is -2.17. The minimum atomic E-state index is -3.00. The molecule has 3 aromatic carbocycles. The number of carbonyl (C=O) groups excluding carboxylic acids is 1. The van der Waals surface area contributed by atoms with Gasteiger partial charge in [0.2, 0.25) is 0 Å². The van der Waals surface area contributed by atoms with Gasteiger partial charge in [-0.3, -0.25) is 0 Å². The summed E-state index contributed by atoms with van der Waals surface area (Å²) in [6.07, 6.45) is 0. The summed E-state index contributed by atoms with van der Waals surface area (Å²) >= 11 is -3.00. The predicted octanol–water partition coefficient (Wildman–Crippen LogP) is 2.29. The van der Waals surface area contributed by atoms with E-state index in [9.17, 15) is 4.79 Å². The average molecular weight is 416 g/mol. The van der Waals surface area contributed by atoms with E-state index in [-0.39, 0.29) is 5.92 Å². The minimum absolute atomic E-state index is 0.121. The average Bonchev–Trinajstić information content (AvgIpc) is 3.04. The molecule has 0 spiro atoms. The van der Waals surface area contributed by atoms with Crippen LogP contribution in [0.4, 0.5) is 0 Å². The zero-order valence-corrected chi connectivity index (χ0v) is 17.8. The Balaban J connectivity index is 1.93. The van der Waals surface area contributed by atoms with Crippen molar-refractivity contribution < 1.29 is 4.79 Å². The third-order valence-electron chi connectivity index (χ3n) is 5.77. The van der Waals surface area contributed by atoms with E-state index in [1.165, 1.54) is 13.2 Å². The van der Waals surface area contributed by atoms with Crippen LogP contribution in [0.2, 0.25) is 5.25 Å². The number of ketones is 1. The Morgan fingerprint density at radius 3 is 1.52 bits per heavy atom. The third kappa shape index (κ3) is 3.52. The van der Waals surface area contributed by atoms with Gasteiger partial charge in [-0.2, -0.15) is 0 Å². The van der Waals surface area contributed by atoms with E-state index >= 15 is 0 Å². The van der Waals surface area contributed by atoms with Crippen molar-refractivity contribution in [2.75, 3.05) is 20.1 Å². The number of benzene rings is 3. The number of hydrogen-bond donors (Lipinski definition) is 0. The van der Waals surface area contributed by atoms with E-state index in [1.54, 1.807) is 0 Å². The summed E-state index contributed by atoms with van der Waals surface area (Å²) in [5, 5.41) is 0.973. The van der Waals surface area contributed by atoms with Crippen LogP contribution >= 0.6 is 0 Å². The van der Waals surface area contributed by atoms with Crippen molar-refractivity contribution in [3.63, 3.8) is 0 Å². The van der Waals surface area contributed by atoms with Crippen LogP contribution in [0.25, 0.3) is 0 Å². The van der Waals surface area contributed by atoms with Crippen LogP contribution < -0.4 is 13.2 Å². The molecule has 27 heavy (non-hydrogen) atoms. The first kappa shape index (κ1) is 18.2. The van der Waals surface area contributed by atoms with Crippen molar-refractivity contribution in [2.45, 2.75) is 5.25 Å². The first-order valence-electron chi connectivity index (χ1n) is 9.58. The normalized spacial score (nSPS) is 18.0. The SMILES string of the molecule is CN1CC(=O)C([CH2][Ge]([c]2ccccc2)([c]2ccccc2)[c]2ccccc2)C1. The Morgan fingerprint density at radius 1 is 0.778 bits per heavy atom. The number of likely N-dealkylation sites (N-methyl/N-ethyl adjacent to an activating group) is 1. The van der Waals surface area contributed by atoms with Gasteiger partial charge >= 0.3 is 164 Å². The molecule has 0 radical (unpaired) electrons. The molecule has 0 aliphatic carbocycles. The number of nitrogens with zero attached hydrogens (tertiary/aromatic N) is 1. The van der Waals surface area contributed by atoms with Crippen LogP contribution in [-0.4, -0.2) is 44.1 Å². The molecular formula is C24H25GeNO. The summed E-state index contributed by atoms with van der Waals surface area (Å²) in [5.41, 5.74) is 0. The molecule has 0 bridgehead atoms. The number of Topliss-reactive ketones (excluding diaryl/α,β-unsaturated/α-hetero) is 1. The van der Waals surface area contributed by atoms with Gasteiger partial charge in [0, 0.05) is 0 Å². The molecule has 4 rings (SSSR count). The number of rotatable bonds is 5. The first-order chi connectivity index (χ1) is 13.2. The molecule has 0 saturated carbocycles. The maximum atomic E-state index is 12.7. The monoisotopic (exact) mass is 417 g/mol. The molecule has 136 valence electrons. The van der Waals surface area contributed by atoms with Crippen molar-refractivity contribution in [2.24, 2.45) is 5.92 Å². The van der Waals surface area contributed by atoms with Crippen LogP contribution in [0.15, 0.2) is 91.0 Å². The maximum absolute atomic E-state index is 12.7. The fourth-order valence-electron chi connectivity index (χ4n) is 4.51. The number of likely N-dealkylation sites (tertiary alicyclic amines) is 1. The predicted molar refractivity (Wildman–Crippen MR) is 115 cm³/mol. The van der Waals surface area contributed by atoms with Crippen molar-refractivity contribution in [3.05, 3.63) is 91.0 Å². The Morgan fingerprint density at radius 2 is 1.19 bits per heavy atom. The van der Waals surface area contributed by atoms with E-state index in [0.717, 1.165) is 11.8 Å². The molecule has 0 amide bonds. The first-order valence-corrected chi connectivity index (χ1v) is 14.2. The van der Waals surface area contributed by atoms with Crippen LogP contribution in [-0.2, 0) is 4.79 Å². The van der Waals surface area contributed by atoms with Gasteiger partial charge in [-0.05, 0) is 0 Å². The van der Waals surface area contributed by atoms with E-state index in [1.807, 2.05) is 0 Å². The Labute approximate surface area is 164 Å². The second-order valence-electron chi connectivity index (χ2n) is 7.57. The van der Waals surface area contributed by atoms with Crippen LogP contribution in [0.1, 0.15) is 0 Å². The zero-order valence-electron chi connectivity index (χ0n) is 15.7. The van der Waals surface area contributed by atoms with Crippen LogP contribution in [0.3, 0.4) is 0 Å². The second-order valence-corrected chi connectivity index (χ2v) is 15.9. The molecule has 1 aliphatic rings. The Bertz CT molecular complexity index is 799. The molecule has 1 saturated heterocycles. The Kier molecular flexibility index (Phi) is 5.28. The molecule has 2 nitrogen and oxygen atoms in total. The molecule has 1 fully saturated rings. The van der Waals surface area contributed by atoms with E-state index in [2.05, 4.69) is 103 Å². The van der Waals surface area contributed by atoms with Gasteiger partial charge in [0.15, 0.2) is 0 Å². The van der Waals surface area contributed by atoms with Gasteiger partial charge in [-0.1, -0.05) is 0 Å². The molecule has 1 unspecified atom stereocenters. The summed E-state index contributed by atoms with van der Waals surface area (Å²) in [5.74, 6) is 0.519. The van der Waals surface area contributed by atoms with Gasteiger partial charge in [0.25, 0.3) is 0 Å². The summed E-state index contributed by atoms with van der Waals surface area (Å²) in [6.45, 7) is 1.46. The summed E-state index contributed by atoms with van der Waals surface area (Å²) in [7, 11) is 2.06. The summed E-state index contributed by atoms with van der Waals surface area (Å²) in [6, 6.07) is 32.8. The van der Waals surface area contributed by atoms with Gasteiger partial charge in [0.1, 0.15) is 0 Å². The van der Waals surface area contributed by atoms with E-state index < -0.39 is 13.3 Å². The molecular weight excluding hydrogens is 391 g/mol. The number of carbonyl (C=O) groups is 1. The summed E-state index contributed by atoms with van der Waals surface area (Å²) in [4.78, 5) is 14.9. The van der Waals surface area contributed by atoms with Crippen LogP contribution in [0.5, 0.6) is 0 Å². The molecule has 1 aliphatic heterocycles. The molecule has 1 atom stereocenters. The van der Waals surface area contributed by atoms with Crippen molar-refractivity contribution in [3.8, 4) is 0 Å². The van der Waals surface area contributed by atoms with Gasteiger partial charge in [-0.15, -0.1) is 0 Å². The van der Waals surface area contributed by atoms with Crippen molar-refractivity contribution in [1.29, 1.82) is 0 Å². The fraction of sp³-hybridized carbons (Fsp3) is 0.208. The molecule has 3 aromatic rings. The molecule has 3 heteroatoms.